The van der Waals surface area contributed by atoms with Crippen molar-refractivity contribution in [2.75, 3.05) is 32.8 Å². The van der Waals surface area contributed by atoms with Crippen molar-refractivity contribution in [3.63, 3.8) is 0 Å². The molecule has 1 N–H and O–H groups in total. The summed E-state index contributed by atoms with van der Waals surface area (Å²) in [6.07, 6.45) is 3.07. The first-order chi connectivity index (χ1) is 7.27. The molecule has 2 aliphatic heterocycles. The van der Waals surface area contributed by atoms with E-state index in [-0.39, 0.29) is 0 Å². The van der Waals surface area contributed by atoms with Gasteiger partial charge in [-0.1, -0.05) is 0 Å². The van der Waals surface area contributed by atoms with Crippen molar-refractivity contribution in [2.24, 2.45) is 5.92 Å². The van der Waals surface area contributed by atoms with Gasteiger partial charge < -0.3 is 10.1 Å². The third-order valence-corrected chi connectivity index (χ3v) is 3.76. The van der Waals surface area contributed by atoms with Gasteiger partial charge in [0.15, 0.2) is 0 Å². The zero-order valence-corrected chi connectivity index (χ0v) is 10.0. The van der Waals surface area contributed by atoms with Crippen molar-refractivity contribution in [1.29, 1.82) is 0 Å². The second kappa shape index (κ2) is 5.28. The molecule has 0 bridgehead atoms. The van der Waals surface area contributed by atoms with Crippen LogP contribution in [0.5, 0.6) is 0 Å². The lowest BCUT2D eigenvalue weighted by Gasteiger charge is -2.40. The highest BCUT2D eigenvalue weighted by atomic mass is 16.5. The van der Waals surface area contributed by atoms with Crippen LogP contribution in [0.3, 0.4) is 0 Å². The molecule has 0 amide bonds. The predicted molar refractivity (Wildman–Crippen MR) is 62.0 cm³/mol. The maximum atomic E-state index is 5.93. The number of ether oxygens (including phenoxy) is 1. The Labute approximate surface area is 93.2 Å². The molecular weight excluding hydrogens is 188 g/mol. The van der Waals surface area contributed by atoms with Crippen molar-refractivity contribution in [3.8, 4) is 0 Å². The minimum Gasteiger partial charge on any atom is -0.375 e. The average Bonchev–Trinajstić information content (AvgIpc) is 2.30. The van der Waals surface area contributed by atoms with E-state index >= 15 is 0 Å². The van der Waals surface area contributed by atoms with Crippen LogP contribution in [-0.4, -0.2) is 49.8 Å². The third-order valence-electron chi connectivity index (χ3n) is 3.76. The van der Waals surface area contributed by atoms with Gasteiger partial charge in [0.25, 0.3) is 0 Å². The molecule has 2 heterocycles. The van der Waals surface area contributed by atoms with Crippen LogP contribution < -0.4 is 5.32 Å². The summed E-state index contributed by atoms with van der Waals surface area (Å²) in [6.45, 7) is 10.1. The van der Waals surface area contributed by atoms with E-state index in [1.165, 1.54) is 25.9 Å². The Hall–Kier alpha value is -0.120. The van der Waals surface area contributed by atoms with Crippen molar-refractivity contribution < 1.29 is 4.74 Å². The lowest BCUT2D eigenvalue weighted by Crippen LogP contribution is -2.50. The fraction of sp³-hybridized carbons (Fsp3) is 1.00. The van der Waals surface area contributed by atoms with Gasteiger partial charge in [-0.05, 0) is 45.7 Å². The van der Waals surface area contributed by atoms with E-state index in [0.717, 1.165) is 25.6 Å². The molecule has 2 aliphatic rings. The summed E-state index contributed by atoms with van der Waals surface area (Å²) in [4.78, 5) is 2.55. The average molecular weight is 212 g/mol. The van der Waals surface area contributed by atoms with Crippen molar-refractivity contribution >= 4 is 0 Å². The second-order valence-corrected chi connectivity index (χ2v) is 5.09. The lowest BCUT2D eigenvalue weighted by molar-refractivity contribution is -0.0712. The van der Waals surface area contributed by atoms with Crippen LogP contribution in [0.1, 0.15) is 26.7 Å². The van der Waals surface area contributed by atoms with Crippen LogP contribution in [0, 0.1) is 5.92 Å². The fourth-order valence-electron chi connectivity index (χ4n) is 2.67. The van der Waals surface area contributed by atoms with Gasteiger partial charge in [0, 0.05) is 19.1 Å². The van der Waals surface area contributed by atoms with Crippen molar-refractivity contribution in [1.82, 2.24) is 10.2 Å². The van der Waals surface area contributed by atoms with Crippen LogP contribution in [0.4, 0.5) is 0 Å². The van der Waals surface area contributed by atoms with Gasteiger partial charge in [0.05, 0.1) is 12.7 Å². The molecule has 1 atom stereocenters. The van der Waals surface area contributed by atoms with Crippen LogP contribution >= 0.6 is 0 Å². The summed E-state index contributed by atoms with van der Waals surface area (Å²) in [5.74, 6) is 0.785. The monoisotopic (exact) mass is 212 g/mol. The number of nitrogens with one attached hydrogen (secondary N) is 1. The lowest BCUT2D eigenvalue weighted by atomic mass is 9.91. The quantitative estimate of drug-likeness (QED) is 0.742. The molecular formula is C12H24N2O. The van der Waals surface area contributed by atoms with E-state index in [4.69, 9.17) is 4.74 Å². The van der Waals surface area contributed by atoms with Crippen LogP contribution in [-0.2, 0) is 4.74 Å². The molecule has 0 unspecified atom stereocenters. The molecule has 2 fully saturated rings. The highest BCUT2D eigenvalue weighted by Crippen LogP contribution is 2.22. The summed E-state index contributed by atoms with van der Waals surface area (Å²) in [5, 5.41) is 3.42. The molecule has 3 heteroatoms. The molecule has 2 saturated heterocycles. The maximum Gasteiger partial charge on any atom is 0.0731 e. The van der Waals surface area contributed by atoms with E-state index in [0.29, 0.717) is 12.1 Å². The van der Waals surface area contributed by atoms with Gasteiger partial charge in [-0.2, -0.15) is 0 Å². The SMILES string of the molecule is CC(C)N1CCO[C@@H](C2CCNCC2)C1. The van der Waals surface area contributed by atoms with Crippen LogP contribution in [0.2, 0.25) is 0 Å². The van der Waals surface area contributed by atoms with Gasteiger partial charge in [0.1, 0.15) is 0 Å². The molecule has 0 spiro atoms. The van der Waals surface area contributed by atoms with E-state index in [1.807, 2.05) is 0 Å². The smallest absolute Gasteiger partial charge is 0.0731 e. The molecule has 0 aromatic heterocycles. The first-order valence-corrected chi connectivity index (χ1v) is 6.33. The van der Waals surface area contributed by atoms with E-state index in [2.05, 4.69) is 24.1 Å². The van der Waals surface area contributed by atoms with Gasteiger partial charge in [-0.25, -0.2) is 0 Å². The largest absolute Gasteiger partial charge is 0.375 e. The maximum absolute atomic E-state index is 5.93. The summed E-state index contributed by atoms with van der Waals surface area (Å²) < 4.78 is 5.93. The van der Waals surface area contributed by atoms with E-state index < -0.39 is 0 Å². The Balaban J connectivity index is 1.85. The summed E-state index contributed by atoms with van der Waals surface area (Å²) in [5.41, 5.74) is 0. The van der Waals surface area contributed by atoms with E-state index in [9.17, 15) is 0 Å². The minimum absolute atomic E-state index is 0.489. The number of nitrogens with zero attached hydrogens (tertiary/aromatic N) is 1. The normalized spacial score (nSPS) is 31.0. The summed E-state index contributed by atoms with van der Waals surface area (Å²) in [6, 6.07) is 0.665. The Bertz CT molecular complexity index is 190. The number of hydrogen-bond acceptors (Lipinski definition) is 3. The number of rotatable bonds is 2. The molecule has 88 valence electrons. The number of piperidine rings is 1. The molecule has 0 aliphatic carbocycles. The molecule has 0 aromatic rings. The van der Waals surface area contributed by atoms with Crippen molar-refractivity contribution in [2.45, 2.75) is 38.8 Å². The highest BCUT2D eigenvalue weighted by Gasteiger charge is 2.29. The zero-order chi connectivity index (χ0) is 10.7. The highest BCUT2D eigenvalue weighted by molar-refractivity contribution is 4.82. The van der Waals surface area contributed by atoms with Crippen molar-refractivity contribution in [3.05, 3.63) is 0 Å². The van der Waals surface area contributed by atoms with Crippen LogP contribution in [0.25, 0.3) is 0 Å². The van der Waals surface area contributed by atoms with Gasteiger partial charge in [-0.15, -0.1) is 0 Å². The Morgan fingerprint density at radius 3 is 2.67 bits per heavy atom. The topological polar surface area (TPSA) is 24.5 Å². The molecule has 0 aromatic carbocycles. The third kappa shape index (κ3) is 2.92. The summed E-state index contributed by atoms with van der Waals surface area (Å²) >= 11 is 0. The molecule has 2 rings (SSSR count). The van der Waals surface area contributed by atoms with Gasteiger partial charge >= 0.3 is 0 Å². The molecule has 0 saturated carbocycles. The number of hydrogen-bond donors (Lipinski definition) is 1. The van der Waals surface area contributed by atoms with Gasteiger partial charge in [-0.3, -0.25) is 4.90 Å². The zero-order valence-electron chi connectivity index (χ0n) is 10.0. The fourth-order valence-corrected chi connectivity index (χ4v) is 2.67. The minimum atomic E-state index is 0.489. The second-order valence-electron chi connectivity index (χ2n) is 5.09. The Morgan fingerprint density at radius 2 is 2.00 bits per heavy atom. The Morgan fingerprint density at radius 1 is 1.27 bits per heavy atom. The summed E-state index contributed by atoms with van der Waals surface area (Å²) in [7, 11) is 0. The first-order valence-electron chi connectivity index (χ1n) is 6.33. The molecule has 0 radical (unpaired) electrons. The molecule has 3 nitrogen and oxygen atoms in total. The predicted octanol–water partition coefficient (Wildman–Crippen LogP) is 1.10. The number of morpholine rings is 1. The van der Waals surface area contributed by atoms with E-state index in [1.54, 1.807) is 0 Å². The first kappa shape index (κ1) is 11.4. The molecule has 15 heavy (non-hydrogen) atoms. The van der Waals surface area contributed by atoms with Crippen LogP contribution in [0.15, 0.2) is 0 Å². The Kier molecular flexibility index (Phi) is 4.00. The standard InChI is InChI=1S/C12H24N2O/c1-10(2)14-7-8-15-12(9-14)11-3-5-13-6-4-11/h10-13H,3-9H2,1-2H3/t12-/m1/s1. The van der Waals surface area contributed by atoms with Gasteiger partial charge in [0.2, 0.25) is 0 Å².